The Bertz CT molecular complexity index is 803. The molecule has 1 aliphatic heterocycles. The number of anilines is 1. The van der Waals surface area contributed by atoms with Crippen molar-refractivity contribution in [3.8, 4) is 5.75 Å². The van der Waals surface area contributed by atoms with Crippen LogP contribution in [0.3, 0.4) is 0 Å². The van der Waals surface area contributed by atoms with Crippen LogP contribution in [0.4, 0.5) is 5.69 Å². The van der Waals surface area contributed by atoms with Crippen LogP contribution in [0.5, 0.6) is 5.75 Å². The van der Waals surface area contributed by atoms with Gasteiger partial charge >= 0.3 is 5.97 Å². The third-order valence-corrected chi connectivity index (χ3v) is 7.70. The zero-order valence-corrected chi connectivity index (χ0v) is 20.7. The Hall–Kier alpha value is -1.73. The molecular formula is C26H38N2O4S. The highest BCUT2D eigenvalue weighted by Gasteiger charge is 2.40. The maximum absolute atomic E-state index is 13.6. The molecule has 1 amide bonds. The minimum atomic E-state index is -0.604. The van der Waals surface area contributed by atoms with E-state index in [1.165, 1.54) is 38.5 Å². The third kappa shape index (κ3) is 5.68. The largest absolute Gasteiger partial charge is 0.497 e. The Morgan fingerprint density at radius 2 is 1.64 bits per heavy atom. The van der Waals surface area contributed by atoms with Gasteiger partial charge in [0.05, 0.1) is 7.11 Å². The molecule has 0 radical (unpaired) electrons. The molecule has 0 bridgehead atoms. The van der Waals surface area contributed by atoms with Gasteiger partial charge in [-0.05, 0) is 68.0 Å². The number of carbonyl (C=O) groups excluding carboxylic acids is 2. The van der Waals surface area contributed by atoms with Crippen molar-refractivity contribution in [2.75, 3.05) is 17.8 Å². The summed E-state index contributed by atoms with van der Waals surface area (Å²) < 4.78 is 5.37. The maximum Gasteiger partial charge on any atom is 0.348 e. The highest BCUT2D eigenvalue weighted by Crippen LogP contribution is 2.36. The molecular weight excluding hydrogens is 436 g/mol. The number of hydrogen-bond donors (Lipinski definition) is 1. The predicted octanol–water partition coefficient (Wildman–Crippen LogP) is 5.09. The zero-order chi connectivity index (χ0) is 23.2. The standard InChI is InChI=1S/C26H38N2O4S/c1-31-22-13-15-23-19(18-22)12-14-24(27(23)25(29)16-17-33)26(30)32-28(20-8-4-2-5-9-20)21-10-6-3-7-11-21/h13,15,18,20-21,24,33H,2-12,14,16-17H2,1H3. The van der Waals surface area contributed by atoms with E-state index >= 15 is 0 Å². The molecule has 0 spiro atoms. The minimum absolute atomic E-state index is 0.0834. The molecule has 1 atom stereocenters. The van der Waals surface area contributed by atoms with Gasteiger partial charge in [0.1, 0.15) is 11.8 Å². The fourth-order valence-corrected chi connectivity index (χ4v) is 5.94. The van der Waals surface area contributed by atoms with Gasteiger partial charge in [-0.1, -0.05) is 38.5 Å². The number of nitrogens with zero attached hydrogens (tertiary/aromatic N) is 2. The number of benzene rings is 1. The summed E-state index contributed by atoms with van der Waals surface area (Å²) in [6.45, 7) is 0. The van der Waals surface area contributed by atoms with Gasteiger partial charge < -0.3 is 9.57 Å². The first-order chi connectivity index (χ1) is 16.1. The fraction of sp³-hybridized carbons (Fsp3) is 0.692. The predicted molar refractivity (Wildman–Crippen MR) is 133 cm³/mol. The Morgan fingerprint density at radius 3 is 2.21 bits per heavy atom. The van der Waals surface area contributed by atoms with Gasteiger partial charge in [-0.3, -0.25) is 9.69 Å². The first-order valence-corrected chi connectivity index (χ1v) is 13.4. The summed E-state index contributed by atoms with van der Waals surface area (Å²) in [5.41, 5.74) is 1.82. The number of fused-ring (bicyclic) bond motifs is 1. The lowest BCUT2D eigenvalue weighted by Crippen LogP contribution is -2.53. The number of methoxy groups -OCH3 is 1. The van der Waals surface area contributed by atoms with Crippen molar-refractivity contribution >= 4 is 30.2 Å². The first-order valence-electron chi connectivity index (χ1n) is 12.7. The molecule has 6 nitrogen and oxygen atoms in total. The van der Waals surface area contributed by atoms with Gasteiger partial charge in [0.25, 0.3) is 0 Å². The van der Waals surface area contributed by atoms with Gasteiger partial charge in [-0.2, -0.15) is 12.6 Å². The summed E-state index contributed by atoms with van der Waals surface area (Å²) in [5, 5.41) is 2.06. The van der Waals surface area contributed by atoms with Crippen LogP contribution in [0.25, 0.3) is 0 Å². The number of carbonyl (C=O) groups is 2. The molecule has 1 aromatic rings. The van der Waals surface area contributed by atoms with Gasteiger partial charge in [0.2, 0.25) is 5.91 Å². The third-order valence-electron chi connectivity index (χ3n) is 7.48. The molecule has 182 valence electrons. The molecule has 2 aliphatic carbocycles. The van der Waals surface area contributed by atoms with Crippen LogP contribution in [0, 0.1) is 0 Å². The van der Waals surface area contributed by atoms with Crippen molar-refractivity contribution in [1.29, 1.82) is 0 Å². The first kappa shape index (κ1) is 24.4. The number of aryl methyl sites for hydroxylation is 1. The molecule has 3 aliphatic rings. The molecule has 0 aromatic heterocycles. The van der Waals surface area contributed by atoms with E-state index in [9.17, 15) is 9.59 Å². The normalized spacial score (nSPS) is 22.2. The van der Waals surface area contributed by atoms with E-state index in [4.69, 9.17) is 9.57 Å². The number of amides is 1. The van der Waals surface area contributed by atoms with Crippen molar-refractivity contribution in [1.82, 2.24) is 5.06 Å². The average molecular weight is 475 g/mol. The van der Waals surface area contributed by atoms with Crippen LogP contribution in [-0.4, -0.2) is 47.9 Å². The summed E-state index contributed by atoms with van der Waals surface area (Å²) in [4.78, 5) is 34.7. The summed E-state index contributed by atoms with van der Waals surface area (Å²) in [7, 11) is 1.64. The van der Waals surface area contributed by atoms with Crippen LogP contribution in [-0.2, 0) is 20.8 Å². The average Bonchev–Trinajstić information content (AvgIpc) is 2.87. The fourth-order valence-electron chi connectivity index (χ4n) is 5.74. The van der Waals surface area contributed by atoms with Crippen LogP contribution < -0.4 is 9.64 Å². The zero-order valence-electron chi connectivity index (χ0n) is 19.8. The van der Waals surface area contributed by atoms with Crippen LogP contribution in [0.2, 0.25) is 0 Å². The number of rotatable bonds is 7. The van der Waals surface area contributed by atoms with Crippen molar-refractivity contribution in [3.05, 3.63) is 23.8 Å². The molecule has 1 aromatic carbocycles. The van der Waals surface area contributed by atoms with E-state index in [0.717, 1.165) is 42.7 Å². The second-order valence-corrected chi connectivity index (χ2v) is 10.1. The molecule has 4 rings (SSSR count). The molecule has 1 unspecified atom stereocenters. The number of ether oxygens (including phenoxy) is 1. The molecule has 2 fully saturated rings. The van der Waals surface area contributed by atoms with Gasteiger partial charge in [-0.25, -0.2) is 4.79 Å². The van der Waals surface area contributed by atoms with Crippen LogP contribution >= 0.6 is 12.6 Å². The Morgan fingerprint density at radius 1 is 1.00 bits per heavy atom. The SMILES string of the molecule is COc1ccc2c(c1)CCC(C(=O)ON(C1CCCCC1)C1CCCCC1)N2C(=O)CCS. The summed E-state index contributed by atoms with van der Waals surface area (Å²) in [5.74, 6) is 0.830. The highest BCUT2D eigenvalue weighted by molar-refractivity contribution is 7.80. The molecule has 7 heteroatoms. The number of thiol groups is 1. The van der Waals surface area contributed by atoms with E-state index in [1.54, 1.807) is 12.0 Å². The van der Waals surface area contributed by atoms with Crippen molar-refractivity contribution in [3.63, 3.8) is 0 Å². The Kier molecular flexibility index (Phi) is 8.58. The van der Waals surface area contributed by atoms with E-state index in [2.05, 4.69) is 17.7 Å². The van der Waals surface area contributed by atoms with Crippen molar-refractivity contribution in [2.45, 2.75) is 102 Å². The lowest BCUT2D eigenvalue weighted by atomic mass is 9.90. The monoisotopic (exact) mass is 474 g/mol. The van der Waals surface area contributed by atoms with E-state index in [-0.39, 0.29) is 18.3 Å². The molecule has 2 saturated carbocycles. The second kappa shape index (κ2) is 11.6. The number of hydroxylamine groups is 2. The second-order valence-electron chi connectivity index (χ2n) is 9.64. The minimum Gasteiger partial charge on any atom is -0.497 e. The molecule has 0 N–H and O–H groups in total. The number of hydrogen-bond acceptors (Lipinski definition) is 6. The van der Waals surface area contributed by atoms with E-state index in [0.29, 0.717) is 30.7 Å². The molecule has 33 heavy (non-hydrogen) atoms. The highest BCUT2D eigenvalue weighted by atomic mass is 32.1. The molecule has 1 heterocycles. The smallest absolute Gasteiger partial charge is 0.348 e. The summed E-state index contributed by atoms with van der Waals surface area (Å²) in [6, 6.07) is 5.70. The van der Waals surface area contributed by atoms with Crippen LogP contribution in [0.1, 0.15) is 82.6 Å². The quantitative estimate of drug-likeness (QED) is 0.441. The molecule has 0 saturated heterocycles. The van der Waals surface area contributed by atoms with E-state index < -0.39 is 6.04 Å². The topological polar surface area (TPSA) is 59.1 Å². The maximum atomic E-state index is 13.6. The Balaban J connectivity index is 1.57. The van der Waals surface area contributed by atoms with Crippen molar-refractivity contribution < 1.29 is 19.2 Å². The van der Waals surface area contributed by atoms with Crippen molar-refractivity contribution in [2.24, 2.45) is 0 Å². The Labute approximate surface area is 203 Å². The van der Waals surface area contributed by atoms with Gasteiger partial charge in [0, 0.05) is 24.2 Å². The lowest BCUT2D eigenvalue weighted by Gasteiger charge is -2.42. The van der Waals surface area contributed by atoms with E-state index in [1.807, 2.05) is 18.2 Å². The van der Waals surface area contributed by atoms with Crippen LogP contribution in [0.15, 0.2) is 18.2 Å². The summed E-state index contributed by atoms with van der Waals surface area (Å²) >= 11 is 4.26. The summed E-state index contributed by atoms with van der Waals surface area (Å²) in [6.07, 6.45) is 13.2. The van der Waals surface area contributed by atoms with Gasteiger partial charge in [0.15, 0.2) is 0 Å². The van der Waals surface area contributed by atoms with Gasteiger partial charge in [-0.15, -0.1) is 5.06 Å². The lowest BCUT2D eigenvalue weighted by molar-refractivity contribution is -0.224.